The molecule has 0 amide bonds. The van der Waals surface area contributed by atoms with Gasteiger partial charge in [0.05, 0.1) is 23.3 Å². The molecule has 5 heterocycles. The summed E-state index contributed by atoms with van der Waals surface area (Å²) in [5.74, 6) is 29.4. The number of rotatable bonds is 0. The predicted molar refractivity (Wildman–Crippen MR) is 259 cm³/mol. The van der Waals surface area contributed by atoms with E-state index in [9.17, 15) is 0 Å². The summed E-state index contributed by atoms with van der Waals surface area (Å²) >= 11 is 0. The van der Waals surface area contributed by atoms with E-state index in [4.69, 9.17) is 39.9 Å². The molecule has 2 aliphatic rings. The molecule has 314 valence electrons. The summed E-state index contributed by atoms with van der Waals surface area (Å²) in [6.45, 7) is 25.2. The van der Waals surface area contributed by atoms with Gasteiger partial charge in [0.1, 0.15) is 0 Å². The molecule has 7 aromatic rings. The zero-order valence-electron chi connectivity index (χ0n) is 39.2. The minimum absolute atomic E-state index is 0. The average molecular weight is 898 g/mol. The zero-order valence-corrected chi connectivity index (χ0v) is 42.2. The van der Waals surface area contributed by atoms with Gasteiger partial charge in [-0.15, -0.1) is 0 Å². The van der Waals surface area contributed by atoms with Crippen LogP contribution in [0.1, 0.15) is 105 Å². The maximum Gasteiger partial charge on any atom is 2.00 e. The fourth-order valence-electron chi connectivity index (χ4n) is 7.08. The van der Waals surface area contributed by atoms with E-state index in [0.717, 1.165) is 66.1 Å². The fraction of sp³-hybridized carbons (Fsp3) is 0.286. The van der Waals surface area contributed by atoms with Gasteiger partial charge in [-0.1, -0.05) is 95.9 Å². The summed E-state index contributed by atoms with van der Waals surface area (Å²) in [7, 11) is 0. The third-order valence-corrected chi connectivity index (χ3v) is 10.1. The average Bonchev–Trinajstić information content (AvgIpc) is 3.94. The van der Waals surface area contributed by atoms with Gasteiger partial charge in [0.25, 0.3) is 0 Å². The van der Waals surface area contributed by atoms with Gasteiger partial charge in [-0.25, -0.2) is 9.97 Å². The molecule has 0 saturated heterocycles. The van der Waals surface area contributed by atoms with Crippen molar-refractivity contribution in [3.8, 4) is 92.9 Å². The van der Waals surface area contributed by atoms with Crippen molar-refractivity contribution in [2.75, 3.05) is 0 Å². The molecule has 0 atom stereocenters. The number of nitrogens with zero attached hydrogens (tertiary/aromatic N) is 8. The Morgan fingerprint density at radius 1 is 0.338 bits per heavy atom. The molecule has 9 rings (SSSR count). The first-order chi connectivity index (χ1) is 30.1. The summed E-state index contributed by atoms with van der Waals surface area (Å²) in [6, 6.07) is 24.1. The second-order valence-corrected chi connectivity index (χ2v) is 20.5. The first-order valence-electron chi connectivity index (χ1n) is 21.5. The van der Waals surface area contributed by atoms with Crippen molar-refractivity contribution in [2.24, 2.45) is 21.7 Å². The normalized spacial score (nSPS) is 12.0. The third kappa shape index (κ3) is 9.50. The van der Waals surface area contributed by atoms with Gasteiger partial charge < -0.3 is 29.9 Å². The second kappa shape index (κ2) is 16.3. The molecule has 65 heavy (non-hydrogen) atoms. The van der Waals surface area contributed by atoms with Crippen LogP contribution in [-0.2, 0) is 19.5 Å². The Balaban J connectivity index is 0.00000576. The van der Waals surface area contributed by atoms with Gasteiger partial charge in [-0.2, -0.15) is 0 Å². The van der Waals surface area contributed by atoms with E-state index in [-0.39, 0.29) is 41.1 Å². The Kier molecular flexibility index (Phi) is 11.2. The first-order valence-corrected chi connectivity index (χ1v) is 21.5. The molecule has 0 saturated carbocycles. The molecule has 9 heteroatoms. The van der Waals surface area contributed by atoms with Crippen molar-refractivity contribution in [2.45, 2.75) is 83.1 Å². The van der Waals surface area contributed by atoms with E-state index in [1.807, 2.05) is 72.8 Å². The van der Waals surface area contributed by atoms with Crippen molar-refractivity contribution in [3.05, 3.63) is 95.1 Å². The summed E-state index contributed by atoms with van der Waals surface area (Å²) in [6.07, 6.45) is 0. The SMILES string of the molecule is CC(C)(C)C#Cc1cc2c(cc1C#CC(C)(C)C)-c1nc-2nc2[n-]c(nc3nc(nc4[n-]c(n1)c1cc(C#CC(C)(C)C)c(C#CC(C)(C)C)cc41)-c1ccccc1-3)c1ccccc21.[Zn+2]. The Morgan fingerprint density at radius 3 is 0.938 bits per heavy atom. The first kappa shape index (κ1) is 44.7. The number of benzene rings is 4. The molecule has 4 aromatic carbocycles. The molecule has 8 bridgehead atoms. The number of hydrogen-bond acceptors (Lipinski definition) is 6. The third-order valence-electron chi connectivity index (χ3n) is 10.1. The van der Waals surface area contributed by atoms with Crippen LogP contribution in [0.3, 0.4) is 0 Å². The van der Waals surface area contributed by atoms with Gasteiger partial charge >= 0.3 is 19.5 Å². The molecular formula is C56H48N8Zn. The molecular weight excluding hydrogens is 850 g/mol. The summed E-state index contributed by atoms with van der Waals surface area (Å²) in [4.78, 5) is 41.3. The topological polar surface area (TPSA) is 106 Å². The van der Waals surface area contributed by atoms with E-state index >= 15 is 0 Å². The maximum absolute atomic E-state index is 5.31. The van der Waals surface area contributed by atoms with Gasteiger partial charge in [-0.3, -0.25) is 0 Å². The van der Waals surface area contributed by atoms with Crippen molar-refractivity contribution in [1.82, 2.24) is 39.9 Å². The molecule has 0 aliphatic carbocycles. The van der Waals surface area contributed by atoms with E-state index in [1.54, 1.807) is 0 Å². The fourth-order valence-corrected chi connectivity index (χ4v) is 7.08. The van der Waals surface area contributed by atoms with Crippen LogP contribution in [0.2, 0.25) is 0 Å². The van der Waals surface area contributed by atoms with Crippen LogP contribution in [0.15, 0.2) is 72.8 Å². The van der Waals surface area contributed by atoms with E-state index in [2.05, 4.69) is 130 Å². The maximum atomic E-state index is 5.31. The summed E-state index contributed by atoms with van der Waals surface area (Å²) < 4.78 is 0. The summed E-state index contributed by atoms with van der Waals surface area (Å²) in [5.41, 5.74) is 7.20. The van der Waals surface area contributed by atoms with E-state index in [1.165, 1.54) is 0 Å². The van der Waals surface area contributed by atoms with Crippen molar-refractivity contribution < 1.29 is 19.5 Å². The van der Waals surface area contributed by atoms with Crippen molar-refractivity contribution in [3.63, 3.8) is 0 Å². The van der Waals surface area contributed by atoms with Gasteiger partial charge in [0.15, 0.2) is 0 Å². The Labute approximate surface area is 394 Å². The minimum Gasteiger partial charge on any atom is -0.357 e. The Bertz CT molecular complexity index is 3570. The molecule has 8 nitrogen and oxygen atoms in total. The molecule has 0 spiro atoms. The smallest absolute Gasteiger partial charge is 0.357 e. The van der Waals surface area contributed by atoms with Crippen LogP contribution in [-0.4, -0.2) is 29.9 Å². The monoisotopic (exact) mass is 896 g/mol. The van der Waals surface area contributed by atoms with E-state index < -0.39 is 0 Å². The van der Waals surface area contributed by atoms with Crippen molar-refractivity contribution in [1.29, 1.82) is 0 Å². The summed E-state index contributed by atoms with van der Waals surface area (Å²) in [5, 5.41) is 3.20. The second-order valence-electron chi connectivity index (χ2n) is 20.5. The van der Waals surface area contributed by atoms with Crippen molar-refractivity contribution >= 4 is 44.1 Å². The molecule has 0 fully saturated rings. The van der Waals surface area contributed by atoms with Crippen LogP contribution >= 0.6 is 0 Å². The number of hydrogen-bond donors (Lipinski definition) is 0. The minimum atomic E-state index is -0.247. The zero-order chi connectivity index (χ0) is 45.3. The molecule has 0 N–H and O–H groups in total. The van der Waals surface area contributed by atoms with Gasteiger partial charge in [-0.05, 0) is 129 Å². The van der Waals surface area contributed by atoms with Crippen LogP contribution in [0.25, 0.3) is 89.7 Å². The molecule has 2 aliphatic heterocycles. The van der Waals surface area contributed by atoms with Gasteiger partial charge in [0, 0.05) is 88.8 Å². The number of fused-ring (bicyclic) bond motifs is 20. The van der Waals surface area contributed by atoms with Gasteiger partial charge in [0.2, 0.25) is 0 Å². The Hall–Kier alpha value is -6.90. The number of aromatic nitrogens is 8. The predicted octanol–water partition coefficient (Wildman–Crippen LogP) is 11.7. The largest absolute Gasteiger partial charge is 2.00 e. The quantitative estimate of drug-likeness (QED) is 0.109. The van der Waals surface area contributed by atoms with Crippen LogP contribution in [0, 0.1) is 69.0 Å². The van der Waals surface area contributed by atoms with E-state index in [0.29, 0.717) is 45.9 Å². The Morgan fingerprint density at radius 2 is 0.615 bits per heavy atom. The van der Waals surface area contributed by atoms with Crippen LogP contribution in [0.5, 0.6) is 0 Å². The standard InChI is InChI=1S/C56H48N8.Zn/c1-53(2,3)25-21-33-29-41-43(31-35(33)23-27-55(7,8)9)51-62-49(41)60-47-39-19-15-13-17-37(39)45(58-47)57-46-38-18-14-16-20-40(38)48(59-46)61-50-42-30-34(22-26-54(4,5)6)36(24-28-56(10,11)12)32-44(42)52(63-50)64-51;/h13-20,29-32H,1-12H3;/q-2;+2. The molecule has 0 unspecified atom stereocenters. The van der Waals surface area contributed by atoms with Crippen LogP contribution in [0.4, 0.5) is 0 Å². The molecule has 0 radical (unpaired) electrons. The molecule has 3 aromatic heterocycles. The van der Waals surface area contributed by atoms with Crippen LogP contribution < -0.4 is 9.97 Å².